The Morgan fingerprint density at radius 1 is 1.18 bits per heavy atom. The molecule has 1 aromatic carbocycles. The van der Waals surface area contributed by atoms with E-state index in [0.29, 0.717) is 15.2 Å². The van der Waals surface area contributed by atoms with Crippen LogP contribution in [0.4, 0.5) is 0 Å². The zero-order valence-corrected chi connectivity index (χ0v) is 8.88. The number of benzene rings is 1. The molecule has 0 radical (unpaired) electrons. The Kier molecular flexibility index (Phi) is 5.68. The molecule has 0 aliphatic rings. The molecule has 0 aliphatic carbocycles. The SMILES string of the molecule is C[CH2][Al+][c]1ccc(C)cc1.[Cl-]. The van der Waals surface area contributed by atoms with Gasteiger partial charge in [-0.05, 0) is 0 Å². The minimum atomic E-state index is 0. The Balaban J connectivity index is 0.000001000. The molecule has 0 aliphatic heterocycles. The summed E-state index contributed by atoms with van der Waals surface area (Å²) in [5, 5.41) is 1.32. The zero-order valence-electron chi connectivity index (χ0n) is 6.97. The second kappa shape index (κ2) is 5.66. The van der Waals surface area contributed by atoms with Crippen molar-refractivity contribution < 1.29 is 12.4 Å². The largest absolute Gasteiger partial charge is 1.00 e. The molecule has 11 heavy (non-hydrogen) atoms. The van der Waals surface area contributed by atoms with Gasteiger partial charge in [-0.3, -0.25) is 0 Å². The van der Waals surface area contributed by atoms with Gasteiger partial charge in [-0.15, -0.1) is 0 Å². The van der Waals surface area contributed by atoms with Crippen LogP contribution in [0.3, 0.4) is 0 Å². The van der Waals surface area contributed by atoms with Gasteiger partial charge < -0.3 is 12.4 Å². The molecule has 0 fully saturated rings. The molecule has 0 bridgehead atoms. The molecule has 1 rings (SSSR count). The summed E-state index contributed by atoms with van der Waals surface area (Å²) < 4.78 is 1.54. The van der Waals surface area contributed by atoms with Crippen molar-refractivity contribution in [1.29, 1.82) is 0 Å². The van der Waals surface area contributed by atoms with Crippen molar-refractivity contribution in [3.8, 4) is 0 Å². The van der Waals surface area contributed by atoms with Crippen LogP contribution in [0.5, 0.6) is 0 Å². The van der Waals surface area contributed by atoms with Gasteiger partial charge in [-0.25, -0.2) is 0 Å². The van der Waals surface area contributed by atoms with Crippen LogP contribution in [0.2, 0.25) is 5.28 Å². The van der Waals surface area contributed by atoms with Gasteiger partial charge in [0.05, 0.1) is 0 Å². The summed E-state index contributed by atoms with van der Waals surface area (Å²) in [7, 11) is 0. The van der Waals surface area contributed by atoms with Gasteiger partial charge in [0, 0.05) is 0 Å². The summed E-state index contributed by atoms with van der Waals surface area (Å²) in [5.74, 6) is 0. The molecule has 58 valence electrons. The zero-order chi connectivity index (χ0) is 7.40. The van der Waals surface area contributed by atoms with Crippen molar-refractivity contribution in [3.63, 3.8) is 0 Å². The molecule has 0 aromatic heterocycles. The molecule has 0 spiro atoms. The normalized spacial score (nSPS) is 8.18. The molecule has 0 N–H and O–H groups in total. The fourth-order valence-electron chi connectivity index (χ4n) is 0.938. The van der Waals surface area contributed by atoms with E-state index in [0.717, 1.165) is 0 Å². The number of hydrogen-bond acceptors (Lipinski definition) is 0. The first-order valence-corrected chi connectivity index (χ1v) is 5.12. The van der Waals surface area contributed by atoms with E-state index in [1.807, 2.05) is 0 Å². The van der Waals surface area contributed by atoms with E-state index in [1.54, 1.807) is 0 Å². The molecule has 0 unspecified atom stereocenters. The average Bonchev–Trinajstić information content (AvgIpc) is 1.95. The van der Waals surface area contributed by atoms with Gasteiger partial charge in [-0.2, -0.15) is 0 Å². The maximum Gasteiger partial charge on any atom is -1.00 e. The molecule has 0 heterocycles. The standard InChI is InChI=1S/C7H7.C2H5.Al.ClH/c1-7-5-3-2-4-6-7;1-2;;/h3-6H,1H3;1H2,2H3;;1H/q;;+1;/p-1. The van der Waals surface area contributed by atoms with Crippen molar-refractivity contribution in [3.05, 3.63) is 29.8 Å². The monoisotopic (exact) mass is 182 g/mol. The van der Waals surface area contributed by atoms with Crippen LogP contribution in [0.25, 0.3) is 0 Å². The van der Waals surface area contributed by atoms with Gasteiger partial charge in [0.25, 0.3) is 0 Å². The Labute approximate surface area is 81.1 Å². The van der Waals surface area contributed by atoms with Crippen LogP contribution >= 0.6 is 0 Å². The third kappa shape index (κ3) is 3.82. The number of hydrogen-bond donors (Lipinski definition) is 0. The second-order valence-electron chi connectivity index (χ2n) is 2.52. The van der Waals surface area contributed by atoms with E-state index in [2.05, 4.69) is 38.1 Å². The summed E-state index contributed by atoms with van der Waals surface area (Å²) in [6, 6.07) is 8.87. The van der Waals surface area contributed by atoms with E-state index in [4.69, 9.17) is 0 Å². The first-order chi connectivity index (χ1) is 4.83. The minimum absolute atomic E-state index is 0. The predicted molar refractivity (Wildman–Crippen MR) is 47.0 cm³/mol. The van der Waals surface area contributed by atoms with Gasteiger partial charge in [0.15, 0.2) is 0 Å². The molecule has 1 aromatic rings. The minimum Gasteiger partial charge on any atom is -1.00 e. The first kappa shape index (κ1) is 11.0. The maximum absolute atomic E-state index is 2.25. The summed E-state index contributed by atoms with van der Waals surface area (Å²) in [4.78, 5) is 0. The second-order valence-corrected chi connectivity index (χ2v) is 4.41. The fourth-order valence-corrected chi connectivity index (χ4v) is 1.87. The van der Waals surface area contributed by atoms with E-state index >= 15 is 0 Å². The summed E-state index contributed by atoms with van der Waals surface area (Å²) in [6.45, 7) is 4.38. The van der Waals surface area contributed by atoms with E-state index < -0.39 is 0 Å². The van der Waals surface area contributed by atoms with Crippen LogP contribution in [-0.2, 0) is 0 Å². The average molecular weight is 183 g/mol. The number of aryl methyl sites for hydroxylation is 1. The van der Waals surface area contributed by atoms with E-state index in [-0.39, 0.29) is 12.4 Å². The third-order valence-corrected chi connectivity index (χ3v) is 2.78. The van der Waals surface area contributed by atoms with Gasteiger partial charge in [0.2, 0.25) is 0 Å². The van der Waals surface area contributed by atoms with Crippen molar-refractivity contribution in [2.75, 3.05) is 0 Å². The maximum atomic E-state index is 2.25. The van der Waals surface area contributed by atoms with Crippen LogP contribution in [-0.4, -0.2) is 15.2 Å². The molecule has 0 atom stereocenters. The summed E-state index contributed by atoms with van der Waals surface area (Å²) in [6.07, 6.45) is 0. The quantitative estimate of drug-likeness (QED) is 0.503. The first-order valence-electron chi connectivity index (χ1n) is 3.73. The Hall–Kier alpha value is 0.0425. The molecular weight excluding hydrogens is 171 g/mol. The molecule has 2 heteroatoms. The van der Waals surface area contributed by atoms with Crippen LogP contribution in [0, 0.1) is 6.92 Å². The van der Waals surface area contributed by atoms with Crippen LogP contribution in [0.1, 0.15) is 12.5 Å². The van der Waals surface area contributed by atoms with Crippen LogP contribution in [0.15, 0.2) is 24.3 Å². The van der Waals surface area contributed by atoms with Gasteiger partial charge in [0.1, 0.15) is 0 Å². The molecule has 0 saturated carbocycles. The molecule has 0 amide bonds. The van der Waals surface area contributed by atoms with Crippen LogP contribution < -0.4 is 16.8 Å². The molecule has 0 nitrogen and oxygen atoms in total. The third-order valence-electron chi connectivity index (χ3n) is 1.52. The summed E-state index contributed by atoms with van der Waals surface area (Å²) >= 11 is 0.533. The fraction of sp³-hybridized carbons (Fsp3) is 0.333. The van der Waals surface area contributed by atoms with Gasteiger partial charge in [-0.1, -0.05) is 0 Å². The number of halogens is 1. The van der Waals surface area contributed by atoms with E-state index in [9.17, 15) is 0 Å². The smallest absolute Gasteiger partial charge is 1.00 e. The number of rotatable bonds is 2. The Morgan fingerprint density at radius 2 is 1.73 bits per heavy atom. The summed E-state index contributed by atoms with van der Waals surface area (Å²) in [5.41, 5.74) is 1.36. The van der Waals surface area contributed by atoms with Gasteiger partial charge >= 0.3 is 68.6 Å². The predicted octanol–water partition coefficient (Wildman–Crippen LogP) is -1.23. The van der Waals surface area contributed by atoms with Crippen molar-refractivity contribution in [2.45, 2.75) is 19.1 Å². The Bertz CT molecular complexity index is 193. The molecular formula is C9H12AlCl. The van der Waals surface area contributed by atoms with Crippen molar-refractivity contribution in [2.24, 2.45) is 0 Å². The topological polar surface area (TPSA) is 0 Å². The Morgan fingerprint density at radius 3 is 2.18 bits per heavy atom. The van der Waals surface area contributed by atoms with Crippen molar-refractivity contribution in [1.82, 2.24) is 0 Å². The van der Waals surface area contributed by atoms with E-state index in [1.165, 1.54) is 15.3 Å². The van der Waals surface area contributed by atoms with Crippen molar-refractivity contribution >= 4 is 19.6 Å². The molecule has 0 saturated heterocycles.